The summed E-state index contributed by atoms with van der Waals surface area (Å²) in [5.41, 5.74) is 3.20. The highest BCUT2D eigenvalue weighted by Gasteiger charge is 2.13. The van der Waals surface area contributed by atoms with Gasteiger partial charge in [0.15, 0.2) is 0 Å². The van der Waals surface area contributed by atoms with Crippen molar-refractivity contribution in [2.75, 3.05) is 5.43 Å². The number of aromatic amines is 1. The van der Waals surface area contributed by atoms with Crippen LogP contribution in [0.5, 0.6) is 0 Å². The molecule has 0 spiro atoms. The van der Waals surface area contributed by atoms with Crippen molar-refractivity contribution in [3.05, 3.63) is 83.7 Å². The maximum Gasteiger partial charge on any atom is 0.283 e. The highest BCUT2D eigenvalue weighted by atomic mass is 127. The normalized spacial score (nSPS) is 10.6. The Morgan fingerprint density at radius 1 is 1.29 bits per heavy atom. The van der Waals surface area contributed by atoms with Crippen LogP contribution in [-0.2, 0) is 0 Å². The smallest absolute Gasteiger partial charge is 0.283 e. The van der Waals surface area contributed by atoms with Crippen LogP contribution in [0.4, 0.5) is 11.6 Å². The molecule has 10 heteroatoms. The van der Waals surface area contributed by atoms with Crippen molar-refractivity contribution >= 4 is 40.4 Å². The highest BCUT2D eigenvalue weighted by Crippen LogP contribution is 2.21. The van der Waals surface area contributed by atoms with Crippen LogP contribution in [0, 0.1) is 25.0 Å². The molecule has 0 aliphatic heterocycles. The van der Waals surface area contributed by atoms with Gasteiger partial charge in [-0.05, 0) is 28.7 Å². The number of hydrazone groups is 1. The van der Waals surface area contributed by atoms with Gasteiger partial charge < -0.3 is 0 Å². The van der Waals surface area contributed by atoms with Crippen molar-refractivity contribution in [1.29, 1.82) is 5.26 Å². The van der Waals surface area contributed by atoms with E-state index in [1.165, 1.54) is 12.3 Å². The number of hydrogen-bond acceptors (Lipinski definition) is 7. The average molecular weight is 486 g/mol. The molecule has 0 radical (unpaired) electrons. The second kappa shape index (κ2) is 8.40. The van der Waals surface area contributed by atoms with E-state index in [9.17, 15) is 20.2 Å². The van der Waals surface area contributed by atoms with Gasteiger partial charge in [0.05, 0.1) is 20.4 Å². The van der Waals surface area contributed by atoms with Gasteiger partial charge in [-0.25, -0.2) is 10.4 Å². The molecule has 0 atom stereocenters. The Labute approximate surface area is 172 Å². The molecule has 138 valence electrons. The fourth-order valence-electron chi connectivity index (χ4n) is 2.35. The van der Waals surface area contributed by atoms with Gasteiger partial charge >= 0.3 is 0 Å². The Morgan fingerprint density at radius 3 is 2.71 bits per heavy atom. The molecule has 3 rings (SSSR count). The number of benzene rings is 2. The first-order valence-electron chi connectivity index (χ1n) is 7.82. The first-order valence-corrected chi connectivity index (χ1v) is 8.90. The first-order chi connectivity index (χ1) is 13.5. The Bertz CT molecular complexity index is 1170. The van der Waals surface area contributed by atoms with Crippen molar-refractivity contribution in [3.63, 3.8) is 0 Å². The minimum absolute atomic E-state index is 0.0270. The fraction of sp³-hybridized carbons (Fsp3) is 0. The van der Waals surface area contributed by atoms with Gasteiger partial charge in [0.1, 0.15) is 11.6 Å². The van der Waals surface area contributed by atoms with Gasteiger partial charge in [-0.2, -0.15) is 10.4 Å². The number of nitrogens with zero attached hydrogens (tertiary/aromatic N) is 4. The fourth-order valence-corrected chi connectivity index (χ4v) is 2.89. The molecule has 0 aliphatic carbocycles. The molecule has 1 heterocycles. The summed E-state index contributed by atoms with van der Waals surface area (Å²) in [6.45, 7) is 0. The van der Waals surface area contributed by atoms with E-state index < -0.39 is 10.5 Å². The van der Waals surface area contributed by atoms with E-state index in [4.69, 9.17) is 0 Å². The molecule has 0 saturated heterocycles. The summed E-state index contributed by atoms with van der Waals surface area (Å²) >= 11 is 1.88. The molecule has 0 bridgehead atoms. The quantitative estimate of drug-likeness (QED) is 0.246. The second-order valence-electron chi connectivity index (χ2n) is 5.45. The van der Waals surface area contributed by atoms with Crippen molar-refractivity contribution in [2.24, 2.45) is 5.10 Å². The molecule has 9 nitrogen and oxygen atoms in total. The lowest BCUT2D eigenvalue weighted by Gasteiger charge is -2.06. The van der Waals surface area contributed by atoms with Crippen LogP contribution >= 0.6 is 22.6 Å². The van der Waals surface area contributed by atoms with Crippen LogP contribution in [0.3, 0.4) is 0 Å². The third-order valence-electron chi connectivity index (χ3n) is 3.63. The molecule has 1 aromatic heterocycles. The van der Waals surface area contributed by atoms with Crippen LogP contribution in [0.25, 0.3) is 11.3 Å². The number of nitro benzene ring substituents is 1. The van der Waals surface area contributed by atoms with E-state index in [0.29, 0.717) is 14.7 Å². The number of hydrogen-bond donors (Lipinski definition) is 2. The summed E-state index contributed by atoms with van der Waals surface area (Å²) in [6, 6.07) is 15.3. The molecule has 2 aromatic carbocycles. The van der Waals surface area contributed by atoms with Crippen molar-refractivity contribution in [1.82, 2.24) is 9.97 Å². The van der Waals surface area contributed by atoms with Crippen molar-refractivity contribution in [3.8, 4) is 17.3 Å². The monoisotopic (exact) mass is 486 g/mol. The Balaban J connectivity index is 1.90. The predicted molar refractivity (Wildman–Crippen MR) is 112 cm³/mol. The van der Waals surface area contributed by atoms with Gasteiger partial charge in [0.2, 0.25) is 5.95 Å². The predicted octanol–water partition coefficient (Wildman–Crippen LogP) is 3.27. The van der Waals surface area contributed by atoms with Crippen molar-refractivity contribution < 1.29 is 4.92 Å². The summed E-state index contributed by atoms with van der Waals surface area (Å²) in [5.74, 6) is 0.0408. The molecule has 28 heavy (non-hydrogen) atoms. The maximum atomic E-state index is 12.2. The van der Waals surface area contributed by atoms with E-state index >= 15 is 0 Å². The largest absolute Gasteiger partial charge is 0.290 e. The van der Waals surface area contributed by atoms with Crippen LogP contribution in [0.15, 0.2) is 58.4 Å². The van der Waals surface area contributed by atoms with E-state index in [0.717, 1.165) is 0 Å². The number of rotatable bonds is 5. The lowest BCUT2D eigenvalue weighted by atomic mass is 10.1. The zero-order chi connectivity index (χ0) is 20.1. The number of halogens is 1. The number of nitro groups is 1. The molecule has 0 saturated carbocycles. The van der Waals surface area contributed by atoms with Gasteiger partial charge in [-0.15, -0.1) is 0 Å². The minimum Gasteiger partial charge on any atom is -0.290 e. The highest BCUT2D eigenvalue weighted by molar-refractivity contribution is 14.1. The number of H-pyrrole nitrogens is 1. The van der Waals surface area contributed by atoms with Crippen LogP contribution in [0.2, 0.25) is 0 Å². The summed E-state index contributed by atoms with van der Waals surface area (Å²) in [6.07, 6.45) is 1.36. The Hall–Kier alpha value is -3.59. The summed E-state index contributed by atoms with van der Waals surface area (Å²) < 4.78 is 0.512. The molecule has 0 amide bonds. The third kappa shape index (κ3) is 4.21. The molecule has 0 aliphatic rings. The standard InChI is InChI=1S/C18H11IN6O3/c19-14-7-6-11(8-15(14)25(27)28)10-21-24-18-22-16(12-4-2-1-3-5-12)13(9-20)17(26)23-18/h1-8,10H,(H2,22,23,24,26). The van der Waals surface area contributed by atoms with Gasteiger partial charge in [0.25, 0.3) is 11.2 Å². The molecular formula is C18H11IN6O3. The van der Waals surface area contributed by atoms with Crippen molar-refractivity contribution in [2.45, 2.75) is 0 Å². The molecule has 3 aromatic rings. The van der Waals surface area contributed by atoms with Crippen LogP contribution in [0.1, 0.15) is 11.1 Å². The number of nitriles is 1. The van der Waals surface area contributed by atoms with Crippen LogP contribution in [-0.4, -0.2) is 21.1 Å². The second-order valence-corrected chi connectivity index (χ2v) is 6.62. The molecule has 0 unspecified atom stereocenters. The lowest BCUT2D eigenvalue weighted by molar-refractivity contribution is -0.385. The summed E-state index contributed by atoms with van der Waals surface area (Å²) in [4.78, 5) is 29.4. The molecule has 0 fully saturated rings. The first kappa shape index (κ1) is 19.2. The van der Waals surface area contributed by atoms with E-state index in [-0.39, 0.29) is 22.9 Å². The zero-order valence-corrected chi connectivity index (χ0v) is 16.2. The SMILES string of the molecule is N#Cc1c(-c2ccccc2)nc(NN=Cc2ccc(I)c([N+](=O)[O-])c2)[nH]c1=O. The average Bonchev–Trinajstić information content (AvgIpc) is 2.69. The van der Waals surface area contributed by atoms with E-state index in [1.54, 1.807) is 36.4 Å². The molecular weight excluding hydrogens is 475 g/mol. The number of nitrogens with one attached hydrogen (secondary N) is 2. The Kier molecular flexibility index (Phi) is 5.75. The minimum atomic E-state index is -0.598. The summed E-state index contributed by atoms with van der Waals surface area (Å²) in [7, 11) is 0. The lowest BCUT2D eigenvalue weighted by Crippen LogP contribution is -2.16. The van der Waals surface area contributed by atoms with Crippen LogP contribution < -0.4 is 11.0 Å². The van der Waals surface area contributed by atoms with Gasteiger partial charge in [0, 0.05) is 17.2 Å². The zero-order valence-electron chi connectivity index (χ0n) is 14.1. The molecule has 2 N–H and O–H groups in total. The van der Waals surface area contributed by atoms with E-state index in [2.05, 4.69) is 20.5 Å². The Morgan fingerprint density at radius 2 is 2.04 bits per heavy atom. The topological polar surface area (TPSA) is 137 Å². The number of anilines is 1. The third-order valence-corrected chi connectivity index (χ3v) is 4.54. The van der Waals surface area contributed by atoms with Gasteiger partial charge in [-0.3, -0.25) is 19.9 Å². The number of aromatic nitrogens is 2. The maximum absolute atomic E-state index is 12.2. The van der Waals surface area contributed by atoms with Gasteiger partial charge in [-0.1, -0.05) is 36.4 Å². The summed E-state index contributed by atoms with van der Waals surface area (Å²) in [5, 5.41) is 24.2. The van der Waals surface area contributed by atoms with E-state index in [1.807, 2.05) is 34.7 Å².